The number of benzene rings is 2. The molecule has 32 heavy (non-hydrogen) atoms. The molecule has 1 N–H and O–H groups in total. The van der Waals surface area contributed by atoms with E-state index in [4.69, 9.17) is 9.47 Å². The van der Waals surface area contributed by atoms with Crippen LogP contribution >= 0.6 is 0 Å². The molecule has 0 aliphatic carbocycles. The molecule has 1 saturated heterocycles. The van der Waals surface area contributed by atoms with Crippen molar-refractivity contribution in [2.75, 3.05) is 20.3 Å². The Hall–Kier alpha value is -2.68. The number of aryl methyl sites for hydroxylation is 2. The Bertz CT molecular complexity index is 1280. The van der Waals surface area contributed by atoms with Gasteiger partial charge >= 0.3 is 0 Å². The van der Waals surface area contributed by atoms with Gasteiger partial charge in [-0.3, -0.25) is 4.79 Å². The van der Waals surface area contributed by atoms with Crippen molar-refractivity contribution in [1.82, 2.24) is 9.29 Å². The summed E-state index contributed by atoms with van der Waals surface area (Å²) in [5.74, 6) is 0.575. The first-order valence-corrected chi connectivity index (χ1v) is 12.1. The summed E-state index contributed by atoms with van der Waals surface area (Å²) in [5, 5.41) is 0.876. The lowest BCUT2D eigenvalue weighted by molar-refractivity contribution is 0.0925. The van der Waals surface area contributed by atoms with Gasteiger partial charge in [0.2, 0.25) is 10.0 Å². The molecule has 0 radical (unpaired) electrons. The minimum atomic E-state index is -3.85. The zero-order chi connectivity index (χ0) is 22.9. The lowest BCUT2D eigenvalue weighted by Crippen LogP contribution is -2.38. The number of nitrogens with zero attached hydrogens (tertiary/aromatic N) is 1. The second kappa shape index (κ2) is 9.05. The molecule has 0 spiro atoms. The number of hydrogen-bond acceptors (Lipinski definition) is 5. The highest BCUT2D eigenvalue weighted by atomic mass is 32.2. The molecule has 0 bridgehead atoms. The molecule has 3 aromatic rings. The first-order valence-electron chi connectivity index (χ1n) is 10.7. The maximum atomic E-state index is 13.5. The van der Waals surface area contributed by atoms with Crippen molar-refractivity contribution in [1.29, 1.82) is 0 Å². The average Bonchev–Trinajstić information content (AvgIpc) is 3.28. The molecule has 2 aromatic carbocycles. The smallest absolute Gasteiger partial charge is 0.252 e. The van der Waals surface area contributed by atoms with Gasteiger partial charge in [-0.25, -0.2) is 8.42 Å². The summed E-state index contributed by atoms with van der Waals surface area (Å²) in [6.45, 7) is 4.78. The summed E-state index contributed by atoms with van der Waals surface area (Å²) in [5.41, 5.74) is 3.05. The molecule has 1 aromatic heterocycles. The van der Waals surface area contributed by atoms with Gasteiger partial charge in [0.1, 0.15) is 5.75 Å². The van der Waals surface area contributed by atoms with Crippen molar-refractivity contribution >= 4 is 20.9 Å². The molecule has 8 heteroatoms. The highest BCUT2D eigenvalue weighted by Crippen LogP contribution is 2.24. The van der Waals surface area contributed by atoms with E-state index in [2.05, 4.69) is 4.98 Å². The van der Waals surface area contributed by atoms with E-state index in [-0.39, 0.29) is 29.6 Å². The lowest BCUT2D eigenvalue weighted by Gasteiger charge is -2.25. The number of nitrogens with one attached hydrogen (secondary N) is 1. The van der Waals surface area contributed by atoms with Crippen LogP contribution in [0.3, 0.4) is 0 Å². The standard InChI is InChI=1S/C24H28N2O5S/c1-16-11-18-13-19(24(27)25-23(18)12-17(16)2)14-26(15-21-5-4-10-31-21)32(28,29)22-8-6-20(30-3)7-9-22/h6-9,11-13,21H,4-5,10,14-15H2,1-3H3,(H,25,27). The van der Waals surface area contributed by atoms with E-state index < -0.39 is 10.0 Å². The fourth-order valence-electron chi connectivity index (χ4n) is 3.99. The number of rotatable bonds is 7. The van der Waals surface area contributed by atoms with Crippen molar-refractivity contribution < 1.29 is 17.9 Å². The summed E-state index contributed by atoms with van der Waals surface area (Å²) < 4.78 is 39.2. The van der Waals surface area contributed by atoms with E-state index in [0.29, 0.717) is 17.9 Å². The fourth-order valence-corrected chi connectivity index (χ4v) is 5.44. The minimum absolute atomic E-state index is 0.0353. The highest BCUT2D eigenvalue weighted by molar-refractivity contribution is 7.89. The molecule has 170 valence electrons. The molecule has 2 heterocycles. The predicted octanol–water partition coefficient (Wildman–Crippen LogP) is 3.52. The third-order valence-electron chi connectivity index (χ3n) is 6.01. The van der Waals surface area contributed by atoms with Crippen LogP contribution in [0.1, 0.15) is 29.5 Å². The molecule has 0 amide bonds. The Kier molecular flexibility index (Phi) is 6.37. The van der Waals surface area contributed by atoms with Crippen molar-refractivity contribution in [3.05, 3.63) is 69.5 Å². The van der Waals surface area contributed by atoms with E-state index in [1.807, 2.05) is 26.0 Å². The minimum Gasteiger partial charge on any atom is -0.497 e. The highest BCUT2D eigenvalue weighted by Gasteiger charge is 2.30. The second-order valence-corrected chi connectivity index (χ2v) is 10.2. The van der Waals surface area contributed by atoms with Gasteiger partial charge in [0.25, 0.3) is 5.56 Å². The van der Waals surface area contributed by atoms with Crippen LogP contribution in [0.15, 0.2) is 52.2 Å². The predicted molar refractivity (Wildman–Crippen MR) is 124 cm³/mol. The first kappa shape index (κ1) is 22.5. The lowest BCUT2D eigenvalue weighted by atomic mass is 10.0. The van der Waals surface area contributed by atoms with Gasteiger partial charge in [-0.15, -0.1) is 0 Å². The van der Waals surface area contributed by atoms with Crippen LogP contribution in [-0.4, -0.2) is 44.1 Å². The van der Waals surface area contributed by atoms with Crippen LogP contribution in [0, 0.1) is 13.8 Å². The number of hydrogen-bond donors (Lipinski definition) is 1. The molecule has 4 rings (SSSR count). The van der Waals surface area contributed by atoms with Crippen molar-refractivity contribution in [2.45, 2.75) is 44.2 Å². The molecule has 7 nitrogen and oxygen atoms in total. The number of H-pyrrole nitrogens is 1. The third-order valence-corrected chi connectivity index (χ3v) is 7.84. The van der Waals surface area contributed by atoms with E-state index in [1.54, 1.807) is 18.2 Å². The van der Waals surface area contributed by atoms with Crippen LogP contribution < -0.4 is 10.3 Å². The number of aromatic nitrogens is 1. The van der Waals surface area contributed by atoms with Crippen molar-refractivity contribution in [3.63, 3.8) is 0 Å². The summed E-state index contributed by atoms with van der Waals surface area (Å²) in [6, 6.07) is 12.0. The summed E-state index contributed by atoms with van der Waals surface area (Å²) in [4.78, 5) is 15.9. The molecule has 1 unspecified atom stereocenters. The normalized spacial score (nSPS) is 16.7. The largest absolute Gasteiger partial charge is 0.497 e. The molecule has 1 fully saturated rings. The number of fused-ring (bicyclic) bond motifs is 1. The average molecular weight is 457 g/mol. The Morgan fingerprint density at radius 1 is 1.12 bits per heavy atom. The van der Waals surface area contributed by atoms with Crippen molar-refractivity contribution in [3.8, 4) is 5.75 Å². The molecular weight excluding hydrogens is 428 g/mol. The van der Waals surface area contributed by atoms with Crippen molar-refractivity contribution in [2.24, 2.45) is 0 Å². The second-order valence-electron chi connectivity index (χ2n) is 8.26. The molecule has 1 aliphatic rings. The number of ether oxygens (including phenoxy) is 2. The van der Waals surface area contributed by atoms with E-state index in [1.165, 1.54) is 23.5 Å². The third kappa shape index (κ3) is 4.57. The monoisotopic (exact) mass is 456 g/mol. The van der Waals surface area contributed by atoms with Crippen LogP contribution in [0.25, 0.3) is 10.9 Å². The van der Waals surface area contributed by atoms with Gasteiger partial charge in [0.15, 0.2) is 0 Å². The molecule has 0 saturated carbocycles. The van der Waals surface area contributed by atoms with E-state index in [0.717, 1.165) is 34.9 Å². The molecular formula is C24H28N2O5S. The Morgan fingerprint density at radius 3 is 2.50 bits per heavy atom. The SMILES string of the molecule is COc1ccc(S(=O)(=O)N(Cc2cc3cc(C)c(C)cc3[nH]c2=O)CC2CCCO2)cc1. The van der Waals surface area contributed by atoms with Crippen LogP contribution in [0.5, 0.6) is 5.75 Å². The number of sulfonamides is 1. The Labute approximate surface area is 188 Å². The molecule has 1 atom stereocenters. The van der Waals surface area contributed by atoms with Gasteiger partial charge in [-0.2, -0.15) is 4.31 Å². The van der Waals surface area contributed by atoms with Crippen LogP contribution in [0.4, 0.5) is 0 Å². The van der Waals surface area contributed by atoms with Gasteiger partial charge in [-0.05, 0) is 85.7 Å². The Morgan fingerprint density at radius 2 is 1.84 bits per heavy atom. The van der Waals surface area contributed by atoms with Gasteiger partial charge in [0.05, 0.1) is 18.1 Å². The number of aromatic amines is 1. The van der Waals surface area contributed by atoms with Gasteiger partial charge < -0.3 is 14.5 Å². The summed E-state index contributed by atoms with van der Waals surface area (Å²) >= 11 is 0. The topological polar surface area (TPSA) is 88.7 Å². The fraction of sp³-hybridized carbons (Fsp3) is 0.375. The maximum absolute atomic E-state index is 13.5. The first-order chi connectivity index (χ1) is 15.3. The van der Waals surface area contributed by atoms with E-state index >= 15 is 0 Å². The quantitative estimate of drug-likeness (QED) is 0.588. The molecule has 1 aliphatic heterocycles. The van der Waals surface area contributed by atoms with E-state index in [9.17, 15) is 13.2 Å². The van der Waals surface area contributed by atoms with Gasteiger partial charge in [-0.1, -0.05) is 0 Å². The number of pyridine rings is 1. The summed E-state index contributed by atoms with van der Waals surface area (Å²) in [6.07, 6.45) is 1.50. The zero-order valence-corrected chi connectivity index (χ0v) is 19.4. The summed E-state index contributed by atoms with van der Waals surface area (Å²) in [7, 11) is -2.32. The zero-order valence-electron chi connectivity index (χ0n) is 18.6. The number of methoxy groups -OCH3 is 1. The van der Waals surface area contributed by atoms with Crippen LogP contribution in [-0.2, 0) is 21.3 Å². The van der Waals surface area contributed by atoms with Gasteiger partial charge in [0, 0.05) is 30.8 Å². The Balaban J connectivity index is 1.72. The maximum Gasteiger partial charge on any atom is 0.252 e. The van der Waals surface area contributed by atoms with Crippen LogP contribution in [0.2, 0.25) is 0 Å².